The van der Waals surface area contributed by atoms with E-state index in [-0.39, 0.29) is 11.1 Å². The molecule has 8 aromatic carbocycles. The van der Waals surface area contributed by atoms with Gasteiger partial charge in [-0.25, -0.2) is 13.2 Å². The molecule has 0 N–H and O–H groups in total. The molecule has 0 amide bonds. The van der Waals surface area contributed by atoms with Gasteiger partial charge in [-0.3, -0.25) is 0 Å². The second-order valence-electron chi connectivity index (χ2n) is 12.3. The Labute approximate surface area is 289 Å². The van der Waals surface area contributed by atoms with E-state index in [1.807, 2.05) is 109 Å². The molecule has 0 radical (unpaired) electrons. The van der Waals surface area contributed by atoms with Gasteiger partial charge in [0, 0.05) is 5.56 Å². The van der Waals surface area contributed by atoms with Gasteiger partial charge in [-0.15, -0.1) is 0 Å². The number of carbonyl (C=O) groups excluding carboxylic acids is 1. The van der Waals surface area contributed by atoms with Crippen molar-refractivity contribution in [3.63, 3.8) is 0 Å². The third-order valence-corrected chi connectivity index (χ3v) is 9.99. The van der Waals surface area contributed by atoms with Gasteiger partial charge in [0.1, 0.15) is 10.1 Å². The van der Waals surface area contributed by atoms with Crippen molar-refractivity contribution in [2.24, 2.45) is 0 Å². The van der Waals surface area contributed by atoms with E-state index in [1.54, 1.807) is 18.2 Å². The fourth-order valence-electron chi connectivity index (χ4n) is 6.63. The molecule has 1 unspecified atom stereocenters. The number of fused-ring (bicyclic) bond motifs is 3. The molecule has 0 heterocycles. The SMILES string of the molecule is O=C(OC(c1ccccc1)S(=O)(=O)[O-])c1c(-c2ccc3ccccc3c2)cc(-c2ccc3ccccc3c2)cc1-c1ccc2ccccc2c1. The lowest BCUT2D eigenvalue weighted by Crippen LogP contribution is -2.21. The summed E-state index contributed by atoms with van der Waals surface area (Å²) in [7, 11) is -5.10. The average molecular weight is 670 g/mol. The number of benzene rings is 8. The van der Waals surface area contributed by atoms with Crippen molar-refractivity contribution in [3.8, 4) is 33.4 Å². The Bertz CT molecular complexity index is 2580. The number of esters is 1. The normalized spacial score (nSPS) is 12.3. The summed E-state index contributed by atoms with van der Waals surface area (Å²) in [6.07, 6.45) is 0. The molecule has 0 aromatic heterocycles. The average Bonchev–Trinajstić information content (AvgIpc) is 3.15. The molecular formula is C44H29O5S-. The lowest BCUT2D eigenvalue weighted by atomic mass is 9.86. The highest BCUT2D eigenvalue weighted by Gasteiger charge is 2.29. The summed E-state index contributed by atoms with van der Waals surface area (Å²) >= 11 is 0. The number of hydrogen-bond donors (Lipinski definition) is 0. The van der Waals surface area contributed by atoms with Gasteiger partial charge >= 0.3 is 5.97 Å². The van der Waals surface area contributed by atoms with E-state index < -0.39 is 21.5 Å². The van der Waals surface area contributed by atoms with Crippen LogP contribution in [0, 0.1) is 0 Å². The van der Waals surface area contributed by atoms with E-state index >= 15 is 0 Å². The zero-order valence-corrected chi connectivity index (χ0v) is 27.5. The van der Waals surface area contributed by atoms with Gasteiger partial charge in [0.2, 0.25) is 5.44 Å². The number of hydrogen-bond acceptors (Lipinski definition) is 5. The zero-order valence-electron chi connectivity index (χ0n) is 26.7. The van der Waals surface area contributed by atoms with Crippen LogP contribution in [0.3, 0.4) is 0 Å². The van der Waals surface area contributed by atoms with Gasteiger partial charge in [0.15, 0.2) is 0 Å². The van der Waals surface area contributed by atoms with Gasteiger partial charge in [-0.05, 0) is 96.0 Å². The van der Waals surface area contributed by atoms with Crippen LogP contribution in [-0.4, -0.2) is 18.9 Å². The predicted molar refractivity (Wildman–Crippen MR) is 200 cm³/mol. The van der Waals surface area contributed by atoms with E-state index in [0.717, 1.165) is 54.6 Å². The fourth-order valence-corrected chi connectivity index (χ4v) is 7.32. The van der Waals surface area contributed by atoms with E-state index in [9.17, 15) is 17.8 Å². The summed E-state index contributed by atoms with van der Waals surface area (Å²) in [6.45, 7) is 0. The number of rotatable bonds is 7. The maximum Gasteiger partial charge on any atom is 0.340 e. The molecule has 0 aliphatic rings. The molecule has 0 aliphatic carbocycles. The Hall–Kier alpha value is -6.08. The fraction of sp³-hybridized carbons (Fsp3) is 0.0227. The lowest BCUT2D eigenvalue weighted by Gasteiger charge is -2.24. The van der Waals surface area contributed by atoms with Gasteiger partial charge in [0.05, 0.1) is 5.56 Å². The third kappa shape index (κ3) is 6.03. The highest BCUT2D eigenvalue weighted by atomic mass is 32.2. The molecule has 0 bridgehead atoms. The Morgan fingerprint density at radius 2 is 0.860 bits per heavy atom. The van der Waals surface area contributed by atoms with Crippen LogP contribution in [0.5, 0.6) is 0 Å². The summed E-state index contributed by atoms with van der Waals surface area (Å²) in [5.41, 5.74) is 2.56. The van der Waals surface area contributed by atoms with Gasteiger partial charge in [0.25, 0.3) is 0 Å². The topological polar surface area (TPSA) is 83.5 Å². The lowest BCUT2D eigenvalue weighted by molar-refractivity contribution is 0.0428. The Morgan fingerprint density at radius 1 is 0.460 bits per heavy atom. The van der Waals surface area contributed by atoms with Crippen molar-refractivity contribution in [1.29, 1.82) is 0 Å². The molecule has 0 fully saturated rings. The van der Waals surface area contributed by atoms with Crippen molar-refractivity contribution in [3.05, 3.63) is 181 Å². The Kier molecular flexibility index (Phi) is 7.96. The summed E-state index contributed by atoms with van der Waals surface area (Å²) in [5, 5.41) is 6.17. The van der Waals surface area contributed by atoms with E-state index in [2.05, 4.69) is 30.3 Å². The monoisotopic (exact) mass is 669 g/mol. The second-order valence-corrected chi connectivity index (χ2v) is 13.7. The predicted octanol–water partition coefficient (Wildman–Crippen LogP) is 10.5. The molecule has 8 rings (SSSR count). The number of ether oxygens (including phenoxy) is 1. The van der Waals surface area contributed by atoms with Crippen LogP contribution in [0.15, 0.2) is 170 Å². The summed E-state index contributed by atoms with van der Waals surface area (Å²) in [5.74, 6) is -0.922. The molecule has 6 heteroatoms. The van der Waals surface area contributed by atoms with Crippen LogP contribution in [-0.2, 0) is 14.9 Å². The largest absolute Gasteiger partial charge is 0.745 e. The zero-order chi connectivity index (χ0) is 34.2. The Morgan fingerprint density at radius 3 is 1.32 bits per heavy atom. The minimum absolute atomic E-state index is 0.0724. The summed E-state index contributed by atoms with van der Waals surface area (Å²) in [4.78, 5) is 14.6. The molecule has 8 aromatic rings. The minimum atomic E-state index is -5.10. The van der Waals surface area contributed by atoms with Crippen molar-refractivity contribution < 1.29 is 22.5 Å². The van der Waals surface area contributed by atoms with Crippen molar-refractivity contribution >= 4 is 48.4 Å². The second kappa shape index (κ2) is 12.7. The van der Waals surface area contributed by atoms with E-state index in [0.29, 0.717) is 11.1 Å². The number of carbonyl (C=O) groups is 1. The van der Waals surface area contributed by atoms with Crippen molar-refractivity contribution in [1.82, 2.24) is 0 Å². The van der Waals surface area contributed by atoms with E-state index in [4.69, 9.17) is 4.74 Å². The maximum absolute atomic E-state index is 14.6. The Balaban J connectivity index is 1.41. The molecule has 0 saturated heterocycles. The highest BCUT2D eigenvalue weighted by molar-refractivity contribution is 7.85. The van der Waals surface area contributed by atoms with E-state index in [1.165, 1.54) is 12.1 Å². The van der Waals surface area contributed by atoms with Crippen molar-refractivity contribution in [2.75, 3.05) is 0 Å². The highest BCUT2D eigenvalue weighted by Crippen LogP contribution is 2.41. The maximum atomic E-state index is 14.6. The molecule has 50 heavy (non-hydrogen) atoms. The first kappa shape index (κ1) is 31.2. The summed E-state index contributed by atoms with van der Waals surface area (Å²) in [6, 6.07) is 53.9. The van der Waals surface area contributed by atoms with Gasteiger partial charge < -0.3 is 9.29 Å². The first-order valence-electron chi connectivity index (χ1n) is 16.2. The molecule has 0 spiro atoms. The first-order chi connectivity index (χ1) is 24.3. The minimum Gasteiger partial charge on any atom is -0.745 e. The van der Waals surface area contributed by atoms with Gasteiger partial charge in [-0.1, -0.05) is 140 Å². The van der Waals surface area contributed by atoms with Crippen LogP contribution in [0.4, 0.5) is 0 Å². The third-order valence-electron chi connectivity index (χ3n) is 9.09. The van der Waals surface area contributed by atoms with Crippen molar-refractivity contribution in [2.45, 2.75) is 5.44 Å². The summed E-state index contributed by atoms with van der Waals surface area (Å²) < 4.78 is 43.6. The van der Waals surface area contributed by atoms with Crippen LogP contribution in [0.2, 0.25) is 0 Å². The smallest absolute Gasteiger partial charge is 0.340 e. The van der Waals surface area contributed by atoms with Crippen LogP contribution < -0.4 is 0 Å². The first-order valence-corrected chi connectivity index (χ1v) is 17.7. The van der Waals surface area contributed by atoms with Crippen LogP contribution >= 0.6 is 0 Å². The van der Waals surface area contributed by atoms with Gasteiger partial charge in [-0.2, -0.15) is 0 Å². The quantitative estimate of drug-likeness (QED) is 0.125. The molecule has 0 aliphatic heterocycles. The van der Waals surface area contributed by atoms with Crippen LogP contribution in [0.1, 0.15) is 21.4 Å². The molecule has 5 nitrogen and oxygen atoms in total. The molecule has 0 saturated carbocycles. The van der Waals surface area contributed by atoms with Crippen LogP contribution in [0.25, 0.3) is 65.7 Å². The molecule has 1 atom stereocenters. The molecule has 242 valence electrons. The molecular weight excluding hydrogens is 641 g/mol. The standard InChI is InChI=1S/C44H30O5S/c45-43(49-44(50(46,47)48)32-13-2-1-3-14-32)42-40(37-22-19-30-11-5-8-16-34(30)25-37)27-39(36-21-18-29-10-4-7-15-33(29)24-36)28-41(42)38-23-20-31-12-6-9-17-35(31)26-38/h1-28,44H,(H,46,47,48)/p-1.